The van der Waals surface area contributed by atoms with Gasteiger partial charge >= 0.3 is 0 Å². The minimum Gasteiger partial charge on any atom is -0.379 e. The predicted molar refractivity (Wildman–Crippen MR) is 68.2 cm³/mol. The van der Waals surface area contributed by atoms with Crippen molar-refractivity contribution in [3.05, 3.63) is 11.7 Å². The van der Waals surface area contributed by atoms with Crippen LogP contribution in [0.5, 0.6) is 0 Å². The molecule has 102 valence electrons. The molecule has 0 aromatic carbocycles. The summed E-state index contributed by atoms with van der Waals surface area (Å²) >= 11 is 0. The third-order valence-corrected chi connectivity index (χ3v) is 3.41. The summed E-state index contributed by atoms with van der Waals surface area (Å²) in [7, 11) is 0. The fraction of sp³-hybridized carbons (Fsp3) is 0.846. The van der Waals surface area contributed by atoms with Gasteiger partial charge in [-0.25, -0.2) is 0 Å². The molecule has 18 heavy (non-hydrogen) atoms. The zero-order chi connectivity index (χ0) is 13.0. The van der Waals surface area contributed by atoms with Crippen LogP contribution < -0.4 is 5.73 Å². The van der Waals surface area contributed by atoms with Crippen LogP contribution in [-0.2, 0) is 10.3 Å². The monoisotopic (exact) mass is 253 g/mol. The van der Waals surface area contributed by atoms with Crippen LogP contribution in [0.4, 0.5) is 0 Å². The van der Waals surface area contributed by atoms with Crippen molar-refractivity contribution < 1.29 is 9.26 Å². The van der Waals surface area contributed by atoms with Gasteiger partial charge in [-0.1, -0.05) is 24.9 Å². The number of hydrogen-bond donors (Lipinski definition) is 1. The van der Waals surface area contributed by atoms with E-state index in [1.807, 2.05) is 6.92 Å². The molecule has 1 aromatic heterocycles. The van der Waals surface area contributed by atoms with E-state index < -0.39 is 5.54 Å². The second-order valence-electron chi connectivity index (χ2n) is 5.41. The van der Waals surface area contributed by atoms with Crippen molar-refractivity contribution >= 4 is 0 Å². The molecule has 2 N–H and O–H groups in total. The fourth-order valence-electron chi connectivity index (χ4n) is 2.30. The lowest BCUT2D eigenvalue weighted by Crippen LogP contribution is -2.39. The van der Waals surface area contributed by atoms with Gasteiger partial charge in [0.2, 0.25) is 5.89 Å². The van der Waals surface area contributed by atoms with Gasteiger partial charge in [0.1, 0.15) is 5.54 Å². The van der Waals surface area contributed by atoms with Crippen molar-refractivity contribution in [1.29, 1.82) is 0 Å². The van der Waals surface area contributed by atoms with Crippen LogP contribution in [0.2, 0.25) is 0 Å². The van der Waals surface area contributed by atoms with Crippen LogP contribution in [0.1, 0.15) is 63.6 Å². The minimum atomic E-state index is -0.671. The molecule has 1 saturated carbocycles. The third-order valence-electron chi connectivity index (χ3n) is 3.41. The van der Waals surface area contributed by atoms with E-state index in [-0.39, 0.29) is 0 Å². The summed E-state index contributed by atoms with van der Waals surface area (Å²) in [6, 6.07) is 0. The smallest absolute Gasteiger partial charge is 0.229 e. The zero-order valence-corrected chi connectivity index (χ0v) is 11.3. The summed E-state index contributed by atoms with van der Waals surface area (Å²) in [5.41, 5.74) is 5.51. The summed E-state index contributed by atoms with van der Waals surface area (Å²) in [4.78, 5) is 4.46. The maximum absolute atomic E-state index is 6.18. The fourth-order valence-corrected chi connectivity index (χ4v) is 2.30. The summed E-state index contributed by atoms with van der Waals surface area (Å²) in [6.07, 6.45) is 5.78. The number of hydrogen-bond acceptors (Lipinski definition) is 5. The van der Waals surface area contributed by atoms with Crippen molar-refractivity contribution in [3.8, 4) is 0 Å². The molecular weight excluding hydrogens is 230 g/mol. The third kappa shape index (κ3) is 3.09. The van der Waals surface area contributed by atoms with Gasteiger partial charge in [0.15, 0.2) is 5.82 Å². The Kier molecular flexibility index (Phi) is 4.35. The second-order valence-corrected chi connectivity index (χ2v) is 5.41. The topological polar surface area (TPSA) is 74.2 Å². The Labute approximate surface area is 108 Å². The average molecular weight is 253 g/mol. The lowest BCUT2D eigenvalue weighted by Gasteiger charge is -2.19. The van der Waals surface area contributed by atoms with Crippen molar-refractivity contribution in [2.75, 3.05) is 13.2 Å². The molecule has 1 heterocycles. The van der Waals surface area contributed by atoms with Gasteiger partial charge in [-0.3, -0.25) is 0 Å². The molecule has 1 fully saturated rings. The molecular formula is C13H23N3O2. The van der Waals surface area contributed by atoms with Gasteiger partial charge in [0.25, 0.3) is 0 Å². The SMILES string of the molecule is CCCOCC(C)(N)c1noc(C2CCCC2)n1. The van der Waals surface area contributed by atoms with Crippen LogP contribution >= 0.6 is 0 Å². The Morgan fingerprint density at radius 1 is 1.44 bits per heavy atom. The van der Waals surface area contributed by atoms with E-state index >= 15 is 0 Å². The zero-order valence-electron chi connectivity index (χ0n) is 11.3. The molecule has 1 aliphatic carbocycles. The number of ether oxygens (including phenoxy) is 1. The molecule has 0 amide bonds. The number of nitrogens with zero attached hydrogens (tertiary/aromatic N) is 2. The highest BCUT2D eigenvalue weighted by molar-refractivity contribution is 5.04. The van der Waals surface area contributed by atoms with Crippen molar-refractivity contribution in [2.24, 2.45) is 5.73 Å². The molecule has 5 heteroatoms. The summed E-state index contributed by atoms with van der Waals surface area (Å²) in [5.74, 6) is 1.73. The van der Waals surface area contributed by atoms with E-state index in [9.17, 15) is 0 Å². The molecule has 0 bridgehead atoms. The first-order valence-electron chi connectivity index (χ1n) is 6.84. The molecule has 0 saturated heterocycles. The molecule has 5 nitrogen and oxygen atoms in total. The normalized spacial score (nSPS) is 20.2. The molecule has 2 rings (SSSR count). The van der Waals surface area contributed by atoms with E-state index in [4.69, 9.17) is 15.0 Å². The minimum absolute atomic E-state index is 0.421. The van der Waals surface area contributed by atoms with E-state index in [2.05, 4.69) is 17.1 Å². The molecule has 1 atom stereocenters. The van der Waals surface area contributed by atoms with Crippen LogP contribution in [0.15, 0.2) is 4.52 Å². The van der Waals surface area contributed by atoms with Gasteiger partial charge in [-0.05, 0) is 26.2 Å². The number of aromatic nitrogens is 2. The summed E-state index contributed by atoms with van der Waals surface area (Å²) in [5, 5.41) is 4.02. The lowest BCUT2D eigenvalue weighted by atomic mass is 10.0. The Hall–Kier alpha value is -0.940. The first-order chi connectivity index (χ1) is 8.63. The standard InChI is InChI=1S/C13H23N3O2/c1-3-8-17-9-13(2,14)12-15-11(18-16-12)10-6-4-5-7-10/h10H,3-9,14H2,1-2H3. The number of rotatable bonds is 6. The van der Waals surface area contributed by atoms with E-state index in [0.29, 0.717) is 25.0 Å². The Morgan fingerprint density at radius 2 is 2.17 bits per heavy atom. The second kappa shape index (κ2) is 5.80. The molecule has 0 aliphatic heterocycles. The Morgan fingerprint density at radius 3 is 2.83 bits per heavy atom. The maximum atomic E-state index is 6.18. The summed E-state index contributed by atoms with van der Waals surface area (Å²) in [6.45, 7) is 5.08. The first kappa shape index (κ1) is 13.5. The molecule has 1 unspecified atom stereocenters. The Balaban J connectivity index is 1.99. The maximum Gasteiger partial charge on any atom is 0.229 e. The van der Waals surface area contributed by atoms with E-state index in [1.54, 1.807) is 0 Å². The first-order valence-corrected chi connectivity index (χ1v) is 6.84. The van der Waals surface area contributed by atoms with Crippen molar-refractivity contribution in [1.82, 2.24) is 10.1 Å². The van der Waals surface area contributed by atoms with Crippen LogP contribution in [0.25, 0.3) is 0 Å². The van der Waals surface area contributed by atoms with Crippen LogP contribution in [0.3, 0.4) is 0 Å². The van der Waals surface area contributed by atoms with Gasteiger partial charge in [-0.15, -0.1) is 0 Å². The van der Waals surface area contributed by atoms with Crippen LogP contribution in [0, 0.1) is 0 Å². The van der Waals surface area contributed by atoms with Crippen molar-refractivity contribution in [2.45, 2.75) is 57.4 Å². The Bertz CT molecular complexity index is 370. The van der Waals surface area contributed by atoms with Crippen molar-refractivity contribution in [3.63, 3.8) is 0 Å². The van der Waals surface area contributed by atoms with E-state index in [1.165, 1.54) is 12.8 Å². The van der Waals surface area contributed by atoms with Gasteiger partial charge in [0, 0.05) is 12.5 Å². The van der Waals surface area contributed by atoms with E-state index in [0.717, 1.165) is 25.2 Å². The molecule has 0 spiro atoms. The quantitative estimate of drug-likeness (QED) is 0.787. The van der Waals surface area contributed by atoms with Gasteiger partial charge in [0.05, 0.1) is 6.61 Å². The molecule has 0 radical (unpaired) electrons. The van der Waals surface area contributed by atoms with Gasteiger partial charge in [-0.2, -0.15) is 4.98 Å². The van der Waals surface area contributed by atoms with Gasteiger partial charge < -0.3 is 15.0 Å². The summed E-state index contributed by atoms with van der Waals surface area (Å²) < 4.78 is 10.8. The highest BCUT2D eigenvalue weighted by atomic mass is 16.5. The molecule has 1 aliphatic rings. The number of nitrogens with two attached hydrogens (primary N) is 1. The molecule has 1 aromatic rings. The largest absolute Gasteiger partial charge is 0.379 e. The lowest BCUT2D eigenvalue weighted by molar-refractivity contribution is 0.0867. The van der Waals surface area contributed by atoms with Crippen LogP contribution in [-0.4, -0.2) is 23.4 Å². The highest BCUT2D eigenvalue weighted by Gasteiger charge is 2.30. The predicted octanol–water partition coefficient (Wildman–Crippen LogP) is 2.33. The highest BCUT2D eigenvalue weighted by Crippen LogP contribution is 2.33. The average Bonchev–Trinajstić information content (AvgIpc) is 3.00.